The number of nitrogens with one attached hydrogen (secondary N) is 2. The van der Waals surface area contributed by atoms with Crippen LogP contribution in [-0.4, -0.2) is 93.2 Å². The van der Waals surface area contributed by atoms with Crippen LogP contribution in [0.15, 0.2) is 42.5 Å². The first-order valence-corrected chi connectivity index (χ1v) is 13.1. The molecule has 0 bridgehead atoms. The summed E-state index contributed by atoms with van der Waals surface area (Å²) in [5, 5.41) is 5.75. The smallest absolute Gasteiger partial charge is 0.260 e. The third-order valence-corrected chi connectivity index (χ3v) is 6.23. The molecular weight excluding hydrogens is 488 g/mol. The molecule has 0 aliphatic carbocycles. The van der Waals surface area contributed by atoms with Crippen LogP contribution in [0.25, 0.3) is 0 Å². The van der Waals surface area contributed by atoms with E-state index in [0.29, 0.717) is 67.8 Å². The van der Waals surface area contributed by atoms with Crippen LogP contribution in [0.1, 0.15) is 41.5 Å². The van der Waals surface area contributed by atoms with E-state index in [-0.39, 0.29) is 24.3 Å². The van der Waals surface area contributed by atoms with Crippen LogP contribution in [-0.2, 0) is 9.53 Å². The summed E-state index contributed by atoms with van der Waals surface area (Å²) < 4.78 is 16.7. The van der Waals surface area contributed by atoms with Crippen LogP contribution < -0.4 is 20.1 Å². The number of rotatable bonds is 13. The second-order valence-corrected chi connectivity index (χ2v) is 8.69. The van der Waals surface area contributed by atoms with E-state index < -0.39 is 0 Å². The summed E-state index contributed by atoms with van der Waals surface area (Å²) in [5.41, 5.74) is 1.46. The first kappa shape index (κ1) is 28.9. The Bertz CT molecular complexity index is 1070. The van der Waals surface area contributed by atoms with Gasteiger partial charge in [-0.15, -0.1) is 0 Å². The fourth-order valence-corrected chi connectivity index (χ4v) is 3.96. The molecule has 0 atom stereocenters. The van der Waals surface area contributed by atoms with Crippen LogP contribution >= 0.6 is 0 Å². The van der Waals surface area contributed by atoms with E-state index in [2.05, 4.69) is 29.4 Å². The Labute approximate surface area is 224 Å². The zero-order valence-corrected chi connectivity index (χ0v) is 22.5. The summed E-state index contributed by atoms with van der Waals surface area (Å²) in [6.45, 7) is 11.6. The van der Waals surface area contributed by atoms with Gasteiger partial charge >= 0.3 is 0 Å². The van der Waals surface area contributed by atoms with Gasteiger partial charge in [-0.3, -0.25) is 14.4 Å². The molecule has 2 aromatic rings. The van der Waals surface area contributed by atoms with Crippen molar-refractivity contribution < 1.29 is 28.6 Å². The largest absolute Gasteiger partial charge is 0.490 e. The lowest BCUT2D eigenvalue weighted by Crippen LogP contribution is -2.43. The fourth-order valence-electron chi connectivity index (χ4n) is 3.96. The molecule has 3 amide bonds. The number of anilines is 1. The number of morpholine rings is 1. The van der Waals surface area contributed by atoms with E-state index in [4.69, 9.17) is 14.2 Å². The highest BCUT2D eigenvalue weighted by Crippen LogP contribution is 2.29. The quantitative estimate of drug-likeness (QED) is 0.413. The van der Waals surface area contributed by atoms with Crippen molar-refractivity contribution in [3.05, 3.63) is 53.6 Å². The Morgan fingerprint density at radius 2 is 1.58 bits per heavy atom. The van der Waals surface area contributed by atoms with Gasteiger partial charge in [-0.05, 0) is 62.5 Å². The predicted molar refractivity (Wildman–Crippen MR) is 145 cm³/mol. The van der Waals surface area contributed by atoms with Crippen LogP contribution in [0.5, 0.6) is 11.5 Å². The van der Waals surface area contributed by atoms with Crippen molar-refractivity contribution in [1.82, 2.24) is 15.1 Å². The van der Waals surface area contributed by atoms with Crippen molar-refractivity contribution in [3.63, 3.8) is 0 Å². The molecule has 1 heterocycles. The maximum absolute atomic E-state index is 12.9. The number of hydrogen-bond acceptors (Lipinski definition) is 7. The van der Waals surface area contributed by atoms with Crippen molar-refractivity contribution in [2.75, 3.05) is 71.0 Å². The molecule has 10 heteroatoms. The van der Waals surface area contributed by atoms with Crippen LogP contribution in [0.2, 0.25) is 0 Å². The number of nitrogens with zero attached hydrogens (tertiary/aromatic N) is 2. The number of carbonyl (C=O) groups excluding carboxylic acids is 3. The second kappa shape index (κ2) is 14.9. The van der Waals surface area contributed by atoms with Gasteiger partial charge in [0.25, 0.3) is 17.7 Å². The number of carbonyl (C=O) groups is 3. The van der Waals surface area contributed by atoms with E-state index in [1.165, 1.54) is 0 Å². The van der Waals surface area contributed by atoms with Gasteiger partial charge in [-0.2, -0.15) is 0 Å². The summed E-state index contributed by atoms with van der Waals surface area (Å²) in [6.07, 6.45) is 0. The average molecular weight is 527 g/mol. The molecule has 0 aromatic heterocycles. The second-order valence-electron chi connectivity index (χ2n) is 8.69. The molecule has 0 unspecified atom stereocenters. The molecule has 0 radical (unpaired) electrons. The molecular formula is C28H38N4O6. The van der Waals surface area contributed by atoms with Crippen molar-refractivity contribution >= 4 is 23.4 Å². The molecule has 3 rings (SSSR count). The summed E-state index contributed by atoms with van der Waals surface area (Å²) in [5.74, 6) is 0.156. The molecule has 2 N–H and O–H groups in total. The molecule has 38 heavy (non-hydrogen) atoms. The normalized spacial score (nSPS) is 13.2. The van der Waals surface area contributed by atoms with Gasteiger partial charge in [0.05, 0.1) is 19.8 Å². The first-order chi connectivity index (χ1) is 18.4. The minimum Gasteiger partial charge on any atom is -0.490 e. The van der Waals surface area contributed by atoms with Gasteiger partial charge in [0.15, 0.2) is 18.1 Å². The van der Waals surface area contributed by atoms with Gasteiger partial charge in [0, 0.05) is 43.0 Å². The highest BCUT2D eigenvalue weighted by molar-refractivity contribution is 6.05. The summed E-state index contributed by atoms with van der Waals surface area (Å²) >= 11 is 0. The zero-order valence-electron chi connectivity index (χ0n) is 22.5. The van der Waals surface area contributed by atoms with E-state index in [1.807, 2.05) is 6.92 Å². The third kappa shape index (κ3) is 8.46. The molecule has 2 aromatic carbocycles. The summed E-state index contributed by atoms with van der Waals surface area (Å²) in [6, 6.07) is 11.6. The Hall–Kier alpha value is -3.63. The molecule has 0 saturated carbocycles. The zero-order chi connectivity index (χ0) is 27.3. The van der Waals surface area contributed by atoms with E-state index in [1.54, 1.807) is 47.4 Å². The highest BCUT2D eigenvalue weighted by atomic mass is 16.5. The van der Waals surface area contributed by atoms with Gasteiger partial charge in [-0.1, -0.05) is 13.8 Å². The Kier molecular flexibility index (Phi) is 11.4. The lowest BCUT2D eigenvalue weighted by Gasteiger charge is -2.26. The maximum atomic E-state index is 12.9. The molecule has 0 spiro atoms. The Balaban J connectivity index is 1.56. The molecule has 1 saturated heterocycles. The molecule has 10 nitrogen and oxygen atoms in total. The first-order valence-electron chi connectivity index (χ1n) is 13.1. The molecule has 1 aliphatic heterocycles. The third-order valence-electron chi connectivity index (χ3n) is 6.23. The number of ether oxygens (including phenoxy) is 3. The molecule has 1 fully saturated rings. The number of likely N-dealkylation sites (N-methyl/N-ethyl adjacent to an activating group) is 1. The van der Waals surface area contributed by atoms with E-state index in [0.717, 1.165) is 19.6 Å². The summed E-state index contributed by atoms with van der Waals surface area (Å²) in [7, 11) is 0. The average Bonchev–Trinajstić information content (AvgIpc) is 2.95. The van der Waals surface area contributed by atoms with Crippen molar-refractivity contribution in [2.24, 2.45) is 0 Å². The van der Waals surface area contributed by atoms with E-state index in [9.17, 15) is 14.4 Å². The van der Waals surface area contributed by atoms with Gasteiger partial charge in [0.1, 0.15) is 0 Å². The van der Waals surface area contributed by atoms with Crippen molar-refractivity contribution in [3.8, 4) is 11.5 Å². The van der Waals surface area contributed by atoms with Gasteiger partial charge in [-0.25, -0.2) is 0 Å². The molecule has 206 valence electrons. The summed E-state index contributed by atoms with van der Waals surface area (Å²) in [4.78, 5) is 41.6. The lowest BCUT2D eigenvalue weighted by molar-refractivity contribution is -0.137. The van der Waals surface area contributed by atoms with Crippen LogP contribution in [0.4, 0.5) is 5.69 Å². The van der Waals surface area contributed by atoms with E-state index >= 15 is 0 Å². The predicted octanol–water partition coefficient (Wildman–Crippen LogP) is 2.65. The minimum atomic E-state index is -0.335. The van der Waals surface area contributed by atoms with Gasteiger partial charge in [0.2, 0.25) is 0 Å². The van der Waals surface area contributed by atoms with Crippen LogP contribution in [0.3, 0.4) is 0 Å². The standard InChI is InChI=1S/C28H38N4O6/c1-4-31(5-2)14-13-29-27(34)21-7-10-23(11-8-21)30-28(35)22-9-12-24(25(19-22)37-6-3)38-20-26(33)32-15-17-36-18-16-32/h7-12,19H,4-6,13-18,20H2,1-3H3,(H,29,34)(H,30,35). The minimum absolute atomic E-state index is 0.124. The van der Waals surface area contributed by atoms with Gasteiger partial charge < -0.3 is 34.6 Å². The Morgan fingerprint density at radius 3 is 2.24 bits per heavy atom. The number of amides is 3. The lowest BCUT2D eigenvalue weighted by atomic mass is 10.1. The van der Waals surface area contributed by atoms with Crippen molar-refractivity contribution in [2.45, 2.75) is 20.8 Å². The van der Waals surface area contributed by atoms with Crippen molar-refractivity contribution in [1.29, 1.82) is 0 Å². The SMILES string of the molecule is CCOc1cc(C(=O)Nc2ccc(C(=O)NCCN(CC)CC)cc2)ccc1OCC(=O)N1CCOCC1. The fraction of sp³-hybridized carbons (Fsp3) is 0.464. The van der Waals surface area contributed by atoms with Crippen LogP contribution in [0, 0.1) is 0 Å². The maximum Gasteiger partial charge on any atom is 0.260 e. The number of benzene rings is 2. The number of hydrogen-bond donors (Lipinski definition) is 2. The Morgan fingerprint density at radius 1 is 0.895 bits per heavy atom. The monoisotopic (exact) mass is 526 g/mol. The molecule has 1 aliphatic rings. The topological polar surface area (TPSA) is 109 Å². The highest BCUT2D eigenvalue weighted by Gasteiger charge is 2.19.